The van der Waals surface area contributed by atoms with E-state index in [1.807, 2.05) is 12.1 Å². The van der Waals surface area contributed by atoms with Gasteiger partial charge in [0.25, 0.3) is 0 Å². The van der Waals surface area contributed by atoms with Gasteiger partial charge in [-0.25, -0.2) is 0 Å². The number of halogens is 2. The molecule has 1 saturated heterocycles. The minimum atomic E-state index is 0.167. The van der Waals surface area contributed by atoms with Gasteiger partial charge in [-0.2, -0.15) is 0 Å². The number of hydrogen-bond acceptors (Lipinski definition) is 2. The second-order valence-electron chi connectivity index (χ2n) is 6.95. The Morgan fingerprint density at radius 2 is 1.91 bits per heavy atom. The summed E-state index contributed by atoms with van der Waals surface area (Å²) >= 11 is 12.7. The van der Waals surface area contributed by atoms with Crippen molar-refractivity contribution >= 4 is 29.0 Å². The van der Waals surface area contributed by atoms with E-state index in [-0.39, 0.29) is 12.0 Å². The highest BCUT2D eigenvalue weighted by atomic mass is 35.5. The maximum atomic E-state index is 12.7. The molecule has 3 atom stereocenters. The summed E-state index contributed by atoms with van der Waals surface area (Å²) < 4.78 is 0. The summed E-state index contributed by atoms with van der Waals surface area (Å²) in [5.74, 6) is 0.707. The molecule has 1 aromatic carbocycles. The number of fused-ring (bicyclic) bond motifs is 5. The number of hydrogen-bond donors (Lipinski definition) is 0. The molecule has 0 amide bonds. The topological polar surface area (TPSA) is 20.3 Å². The summed E-state index contributed by atoms with van der Waals surface area (Å²) in [6.45, 7) is 1.03. The molecule has 2 fully saturated rings. The van der Waals surface area contributed by atoms with Crippen molar-refractivity contribution in [1.82, 2.24) is 4.90 Å². The lowest BCUT2D eigenvalue weighted by molar-refractivity contribution is -0.132. The standard InChI is InChI=1S/C18H21Cl2NO/c19-12-8-11-6-7-21-15-5-3-1-2-4-13(15)17(22)10-16(21)18(11)14(20)9-12/h8-9,13,15-16H,1-7,10H2. The van der Waals surface area contributed by atoms with Crippen LogP contribution in [-0.4, -0.2) is 23.3 Å². The first-order valence-corrected chi connectivity index (χ1v) is 9.17. The monoisotopic (exact) mass is 337 g/mol. The number of carbonyl (C=O) groups is 1. The van der Waals surface area contributed by atoms with Gasteiger partial charge in [-0.3, -0.25) is 9.69 Å². The molecule has 0 aromatic heterocycles. The molecule has 4 heteroatoms. The number of piperidine rings is 1. The molecular formula is C18H21Cl2NO. The quantitative estimate of drug-likeness (QED) is 0.676. The van der Waals surface area contributed by atoms with Crippen molar-refractivity contribution in [2.45, 2.75) is 57.0 Å². The zero-order valence-corrected chi connectivity index (χ0v) is 14.2. The minimum absolute atomic E-state index is 0.167. The van der Waals surface area contributed by atoms with Crippen LogP contribution in [-0.2, 0) is 11.2 Å². The highest BCUT2D eigenvalue weighted by Crippen LogP contribution is 2.46. The molecule has 0 spiro atoms. The lowest BCUT2D eigenvalue weighted by Gasteiger charge is -2.48. The average Bonchev–Trinajstić information content (AvgIpc) is 2.72. The van der Waals surface area contributed by atoms with Crippen LogP contribution in [0.1, 0.15) is 55.7 Å². The number of benzene rings is 1. The van der Waals surface area contributed by atoms with Gasteiger partial charge in [0.15, 0.2) is 0 Å². The Morgan fingerprint density at radius 1 is 1.09 bits per heavy atom. The molecule has 2 nitrogen and oxygen atoms in total. The zero-order valence-electron chi connectivity index (χ0n) is 12.7. The van der Waals surface area contributed by atoms with E-state index in [4.69, 9.17) is 23.2 Å². The molecule has 0 bridgehead atoms. The fourth-order valence-corrected chi connectivity index (χ4v) is 5.47. The molecule has 118 valence electrons. The normalized spacial score (nSPS) is 31.9. The minimum Gasteiger partial charge on any atom is -0.299 e. The number of Topliss-reactive ketones (excluding diaryl/α,β-unsaturated/α-hetero) is 1. The predicted octanol–water partition coefficient (Wildman–Crippen LogP) is 4.81. The van der Waals surface area contributed by atoms with Gasteiger partial charge in [-0.15, -0.1) is 0 Å². The van der Waals surface area contributed by atoms with E-state index in [1.165, 1.54) is 24.8 Å². The smallest absolute Gasteiger partial charge is 0.139 e. The first-order valence-electron chi connectivity index (χ1n) is 8.41. The highest BCUT2D eigenvalue weighted by Gasteiger charge is 2.45. The lowest BCUT2D eigenvalue weighted by Crippen LogP contribution is -2.53. The second-order valence-corrected chi connectivity index (χ2v) is 7.79. The summed E-state index contributed by atoms with van der Waals surface area (Å²) in [6, 6.07) is 4.45. The molecule has 3 aliphatic rings. The van der Waals surface area contributed by atoms with Crippen molar-refractivity contribution in [3.8, 4) is 0 Å². The van der Waals surface area contributed by atoms with Gasteiger partial charge in [0.05, 0.1) is 0 Å². The zero-order chi connectivity index (χ0) is 15.3. The van der Waals surface area contributed by atoms with Crippen LogP contribution in [0.4, 0.5) is 0 Å². The van der Waals surface area contributed by atoms with Crippen molar-refractivity contribution in [3.63, 3.8) is 0 Å². The Morgan fingerprint density at radius 3 is 2.77 bits per heavy atom. The fraction of sp³-hybridized carbons (Fsp3) is 0.611. The second kappa shape index (κ2) is 5.81. The van der Waals surface area contributed by atoms with E-state index in [0.717, 1.165) is 36.4 Å². The van der Waals surface area contributed by atoms with Crippen molar-refractivity contribution in [3.05, 3.63) is 33.3 Å². The molecule has 1 aliphatic carbocycles. The van der Waals surface area contributed by atoms with E-state index in [9.17, 15) is 4.79 Å². The third-order valence-electron chi connectivity index (χ3n) is 5.77. The molecule has 1 aromatic rings. The van der Waals surface area contributed by atoms with Crippen molar-refractivity contribution in [2.24, 2.45) is 5.92 Å². The Bertz CT molecular complexity index is 615. The Labute approximate surface area is 141 Å². The number of ketones is 1. The van der Waals surface area contributed by atoms with Crippen molar-refractivity contribution in [2.75, 3.05) is 6.54 Å². The van der Waals surface area contributed by atoms with E-state index in [2.05, 4.69) is 4.90 Å². The van der Waals surface area contributed by atoms with Crippen molar-refractivity contribution < 1.29 is 4.79 Å². The van der Waals surface area contributed by atoms with Gasteiger partial charge in [0.1, 0.15) is 5.78 Å². The van der Waals surface area contributed by atoms with Crippen LogP contribution in [0.15, 0.2) is 12.1 Å². The average molecular weight is 338 g/mol. The maximum Gasteiger partial charge on any atom is 0.139 e. The summed E-state index contributed by atoms with van der Waals surface area (Å²) in [6.07, 6.45) is 7.57. The molecular weight excluding hydrogens is 317 g/mol. The van der Waals surface area contributed by atoms with Crippen LogP contribution in [0.5, 0.6) is 0 Å². The van der Waals surface area contributed by atoms with Crippen LogP contribution in [0.2, 0.25) is 10.0 Å². The first kappa shape index (κ1) is 15.0. The summed E-state index contributed by atoms with van der Waals surface area (Å²) in [5, 5.41) is 1.43. The van der Waals surface area contributed by atoms with Crippen LogP contribution in [0.3, 0.4) is 0 Å². The van der Waals surface area contributed by atoms with Gasteiger partial charge in [0, 0.05) is 41.0 Å². The summed E-state index contributed by atoms with van der Waals surface area (Å²) in [5.41, 5.74) is 2.40. The van der Waals surface area contributed by atoms with Gasteiger partial charge < -0.3 is 0 Å². The van der Waals surface area contributed by atoms with E-state index >= 15 is 0 Å². The number of carbonyl (C=O) groups excluding carboxylic acids is 1. The van der Waals surface area contributed by atoms with Crippen LogP contribution in [0, 0.1) is 5.92 Å². The Hall–Kier alpha value is -0.570. The van der Waals surface area contributed by atoms with E-state index < -0.39 is 0 Å². The predicted molar refractivity (Wildman–Crippen MR) is 89.6 cm³/mol. The summed E-state index contributed by atoms with van der Waals surface area (Å²) in [7, 11) is 0. The van der Waals surface area contributed by atoms with Gasteiger partial charge in [-0.1, -0.05) is 42.5 Å². The van der Waals surface area contributed by atoms with Crippen molar-refractivity contribution in [1.29, 1.82) is 0 Å². The Kier molecular flexibility index (Phi) is 3.96. The van der Waals surface area contributed by atoms with Crippen LogP contribution in [0.25, 0.3) is 0 Å². The fourth-order valence-electron chi connectivity index (χ4n) is 4.81. The van der Waals surface area contributed by atoms with Crippen LogP contribution < -0.4 is 0 Å². The van der Waals surface area contributed by atoms with Gasteiger partial charge >= 0.3 is 0 Å². The third kappa shape index (κ3) is 2.40. The third-order valence-corrected chi connectivity index (χ3v) is 6.30. The van der Waals surface area contributed by atoms with Gasteiger partial charge in [-0.05, 0) is 42.5 Å². The molecule has 3 unspecified atom stereocenters. The first-order chi connectivity index (χ1) is 10.6. The number of rotatable bonds is 0. The molecule has 2 aliphatic heterocycles. The Balaban J connectivity index is 1.75. The molecule has 1 saturated carbocycles. The lowest BCUT2D eigenvalue weighted by atomic mass is 9.76. The largest absolute Gasteiger partial charge is 0.299 e. The van der Waals surface area contributed by atoms with Gasteiger partial charge in [0.2, 0.25) is 0 Å². The molecule has 0 radical (unpaired) electrons. The SMILES string of the molecule is O=C1CC2c3c(Cl)cc(Cl)cc3CCN2C2CCCCCC12. The highest BCUT2D eigenvalue weighted by molar-refractivity contribution is 6.35. The van der Waals surface area contributed by atoms with E-state index in [1.54, 1.807) is 0 Å². The summed E-state index contributed by atoms with van der Waals surface area (Å²) in [4.78, 5) is 15.3. The maximum absolute atomic E-state index is 12.7. The molecule has 22 heavy (non-hydrogen) atoms. The van der Waals surface area contributed by atoms with E-state index in [0.29, 0.717) is 23.3 Å². The number of nitrogens with zero attached hydrogens (tertiary/aromatic N) is 1. The molecule has 2 heterocycles. The molecule has 4 rings (SSSR count). The molecule has 0 N–H and O–H groups in total. The van der Waals surface area contributed by atoms with Crippen LogP contribution >= 0.6 is 23.2 Å².